The number of fused-ring (bicyclic) bond motifs is 1. The number of carbonyl (C=O) groups is 1. The van der Waals surface area contributed by atoms with Gasteiger partial charge in [0, 0.05) is 12.5 Å². The number of pyridine rings is 1. The Labute approximate surface area is 104 Å². The van der Waals surface area contributed by atoms with Crippen LogP contribution in [-0.2, 0) is 6.42 Å². The number of hydrogen-bond donors (Lipinski definition) is 2. The molecular formula is C12H14N4O2. The second kappa shape index (κ2) is 4.38. The van der Waals surface area contributed by atoms with Crippen LogP contribution in [0.15, 0.2) is 18.2 Å². The van der Waals surface area contributed by atoms with Gasteiger partial charge in [-0.05, 0) is 31.5 Å². The molecule has 1 fully saturated rings. The molecule has 1 aliphatic rings. The van der Waals surface area contributed by atoms with E-state index in [1.54, 1.807) is 12.1 Å². The maximum atomic E-state index is 11.1. The molecule has 2 aromatic heterocycles. The molecule has 18 heavy (non-hydrogen) atoms. The molecule has 3 rings (SSSR count). The Balaban J connectivity index is 1.94. The Kier molecular flexibility index (Phi) is 2.71. The Morgan fingerprint density at radius 1 is 1.56 bits per heavy atom. The minimum Gasteiger partial charge on any atom is -0.477 e. The summed E-state index contributed by atoms with van der Waals surface area (Å²) in [4.78, 5) is 15.4. The van der Waals surface area contributed by atoms with Crippen molar-refractivity contribution in [1.82, 2.24) is 19.9 Å². The molecule has 0 amide bonds. The van der Waals surface area contributed by atoms with Crippen LogP contribution in [0.1, 0.15) is 29.2 Å². The number of nitrogens with one attached hydrogen (secondary N) is 1. The van der Waals surface area contributed by atoms with Crippen molar-refractivity contribution in [3.8, 4) is 0 Å². The average Bonchev–Trinajstić information content (AvgIpc) is 2.96. The number of hydrogen-bond acceptors (Lipinski definition) is 4. The molecule has 0 spiro atoms. The first-order valence-corrected chi connectivity index (χ1v) is 6.05. The second-order valence-corrected chi connectivity index (χ2v) is 4.51. The van der Waals surface area contributed by atoms with Crippen LogP contribution in [0.4, 0.5) is 0 Å². The molecule has 94 valence electrons. The van der Waals surface area contributed by atoms with Gasteiger partial charge in [-0.2, -0.15) is 5.10 Å². The van der Waals surface area contributed by atoms with Crippen molar-refractivity contribution in [3.63, 3.8) is 0 Å². The van der Waals surface area contributed by atoms with Crippen molar-refractivity contribution in [3.05, 3.63) is 29.7 Å². The summed E-state index contributed by atoms with van der Waals surface area (Å²) >= 11 is 0. The van der Waals surface area contributed by atoms with E-state index in [1.807, 2.05) is 0 Å². The minimum atomic E-state index is -0.990. The molecule has 0 radical (unpaired) electrons. The van der Waals surface area contributed by atoms with Gasteiger partial charge in [0.15, 0.2) is 17.2 Å². The molecule has 6 nitrogen and oxygen atoms in total. The molecule has 2 N–H and O–H groups in total. The third-order valence-corrected chi connectivity index (χ3v) is 3.21. The summed E-state index contributed by atoms with van der Waals surface area (Å²) in [5.74, 6) is -0.292. The Hall–Kier alpha value is -1.95. The molecule has 0 aromatic carbocycles. The predicted molar refractivity (Wildman–Crippen MR) is 64.7 cm³/mol. The van der Waals surface area contributed by atoms with Crippen molar-refractivity contribution < 1.29 is 9.90 Å². The van der Waals surface area contributed by atoms with Crippen molar-refractivity contribution in [2.24, 2.45) is 0 Å². The number of carboxylic acid groups (broad SMARTS) is 1. The quantitative estimate of drug-likeness (QED) is 0.834. The Morgan fingerprint density at radius 2 is 2.44 bits per heavy atom. The van der Waals surface area contributed by atoms with Gasteiger partial charge in [0.05, 0.1) is 0 Å². The molecule has 3 heterocycles. The fourth-order valence-corrected chi connectivity index (χ4v) is 2.35. The highest BCUT2D eigenvalue weighted by Gasteiger charge is 2.18. The fourth-order valence-electron chi connectivity index (χ4n) is 2.35. The van der Waals surface area contributed by atoms with E-state index in [1.165, 1.54) is 17.0 Å². The molecular weight excluding hydrogens is 232 g/mol. The first-order valence-electron chi connectivity index (χ1n) is 6.05. The van der Waals surface area contributed by atoms with Gasteiger partial charge in [0.2, 0.25) is 0 Å². The number of carboxylic acids is 1. The number of nitrogens with zero attached hydrogens (tertiary/aromatic N) is 3. The maximum absolute atomic E-state index is 11.1. The summed E-state index contributed by atoms with van der Waals surface area (Å²) in [6.45, 7) is 1.04. The SMILES string of the molecule is O=C(O)c1cccc2nc(CC3CCCN3)nn12. The molecule has 1 saturated heterocycles. The summed E-state index contributed by atoms with van der Waals surface area (Å²) in [6, 6.07) is 5.40. The van der Waals surface area contributed by atoms with E-state index >= 15 is 0 Å². The van der Waals surface area contributed by atoms with Gasteiger partial charge in [0.25, 0.3) is 0 Å². The van der Waals surface area contributed by atoms with Crippen LogP contribution in [0.5, 0.6) is 0 Å². The summed E-state index contributed by atoms with van der Waals surface area (Å²) in [5, 5.41) is 16.7. The highest BCUT2D eigenvalue weighted by molar-refractivity contribution is 5.86. The van der Waals surface area contributed by atoms with Gasteiger partial charge < -0.3 is 10.4 Å². The van der Waals surface area contributed by atoms with E-state index in [0.717, 1.165) is 19.4 Å². The predicted octanol–water partition coefficient (Wildman–Crippen LogP) is 0.722. The van der Waals surface area contributed by atoms with E-state index in [4.69, 9.17) is 5.11 Å². The first-order chi connectivity index (χ1) is 8.74. The molecule has 1 atom stereocenters. The summed E-state index contributed by atoms with van der Waals surface area (Å²) in [5.41, 5.74) is 0.730. The zero-order valence-corrected chi connectivity index (χ0v) is 9.83. The van der Waals surface area contributed by atoms with Crippen molar-refractivity contribution in [2.75, 3.05) is 6.54 Å². The molecule has 1 unspecified atom stereocenters. The lowest BCUT2D eigenvalue weighted by Crippen LogP contribution is -2.24. The van der Waals surface area contributed by atoms with Crippen LogP contribution in [0.25, 0.3) is 5.65 Å². The monoisotopic (exact) mass is 246 g/mol. The molecule has 2 aromatic rings. The molecule has 0 aliphatic carbocycles. The fraction of sp³-hybridized carbons (Fsp3) is 0.417. The molecule has 6 heteroatoms. The van der Waals surface area contributed by atoms with Crippen LogP contribution in [0.2, 0.25) is 0 Å². The third kappa shape index (κ3) is 1.95. The lowest BCUT2D eigenvalue weighted by molar-refractivity contribution is 0.0687. The standard InChI is InChI=1S/C12H14N4O2/c17-12(18)9-4-1-5-11-14-10(15-16(9)11)7-8-3-2-6-13-8/h1,4-5,8,13H,2-3,6-7H2,(H,17,18). The normalized spacial score (nSPS) is 19.4. The minimum absolute atomic E-state index is 0.144. The van der Waals surface area contributed by atoms with Crippen LogP contribution < -0.4 is 5.32 Å². The Bertz CT molecular complexity index is 587. The maximum Gasteiger partial charge on any atom is 0.354 e. The summed E-state index contributed by atoms with van der Waals surface area (Å²) < 4.78 is 1.40. The van der Waals surface area contributed by atoms with Crippen LogP contribution in [0.3, 0.4) is 0 Å². The summed E-state index contributed by atoms with van der Waals surface area (Å²) in [7, 11) is 0. The topological polar surface area (TPSA) is 79.5 Å². The summed E-state index contributed by atoms with van der Waals surface area (Å²) in [6.07, 6.45) is 3.06. The van der Waals surface area contributed by atoms with Gasteiger partial charge in [-0.25, -0.2) is 14.3 Å². The molecule has 0 bridgehead atoms. The average molecular weight is 246 g/mol. The molecule has 1 aliphatic heterocycles. The lowest BCUT2D eigenvalue weighted by atomic mass is 10.1. The number of rotatable bonds is 3. The van der Waals surface area contributed by atoms with E-state index in [9.17, 15) is 4.79 Å². The number of aromatic nitrogens is 3. The van der Waals surface area contributed by atoms with Gasteiger partial charge in [-0.15, -0.1) is 0 Å². The Morgan fingerprint density at radius 3 is 3.17 bits per heavy atom. The third-order valence-electron chi connectivity index (χ3n) is 3.21. The second-order valence-electron chi connectivity index (χ2n) is 4.51. The highest BCUT2D eigenvalue weighted by Crippen LogP contribution is 2.12. The van der Waals surface area contributed by atoms with Crippen molar-refractivity contribution >= 4 is 11.6 Å². The van der Waals surface area contributed by atoms with Crippen LogP contribution in [-0.4, -0.2) is 38.3 Å². The smallest absolute Gasteiger partial charge is 0.354 e. The van der Waals surface area contributed by atoms with Gasteiger partial charge >= 0.3 is 5.97 Å². The van der Waals surface area contributed by atoms with E-state index in [2.05, 4.69) is 15.4 Å². The van der Waals surface area contributed by atoms with Gasteiger partial charge in [0.1, 0.15) is 0 Å². The van der Waals surface area contributed by atoms with E-state index in [0.29, 0.717) is 17.5 Å². The van der Waals surface area contributed by atoms with Crippen LogP contribution >= 0.6 is 0 Å². The largest absolute Gasteiger partial charge is 0.477 e. The molecule has 0 saturated carbocycles. The first kappa shape index (κ1) is 11.2. The van der Waals surface area contributed by atoms with E-state index < -0.39 is 5.97 Å². The van der Waals surface area contributed by atoms with Crippen LogP contribution in [0, 0.1) is 0 Å². The zero-order valence-electron chi connectivity index (χ0n) is 9.83. The highest BCUT2D eigenvalue weighted by atomic mass is 16.4. The van der Waals surface area contributed by atoms with Crippen molar-refractivity contribution in [1.29, 1.82) is 0 Å². The lowest BCUT2D eigenvalue weighted by Gasteiger charge is -2.05. The van der Waals surface area contributed by atoms with E-state index in [-0.39, 0.29) is 5.69 Å². The van der Waals surface area contributed by atoms with Gasteiger partial charge in [-0.1, -0.05) is 6.07 Å². The van der Waals surface area contributed by atoms with Crippen molar-refractivity contribution in [2.45, 2.75) is 25.3 Å². The zero-order chi connectivity index (χ0) is 12.5. The number of aromatic carboxylic acids is 1. The van der Waals surface area contributed by atoms with Gasteiger partial charge in [-0.3, -0.25) is 0 Å².